The van der Waals surface area contributed by atoms with Gasteiger partial charge in [-0.05, 0) is 50.1 Å². The smallest absolute Gasteiger partial charge is 0.326 e. The Kier molecular flexibility index (Phi) is 8.82. The highest BCUT2D eigenvalue weighted by atomic mass is 35.5. The van der Waals surface area contributed by atoms with Gasteiger partial charge in [-0.15, -0.1) is 0 Å². The zero-order chi connectivity index (χ0) is 27.4. The number of methoxy groups -OCH3 is 1. The number of benzene rings is 2. The first-order chi connectivity index (χ1) is 18.2. The number of amides is 3. The number of hydrogen-bond acceptors (Lipinski definition) is 5. The van der Waals surface area contributed by atoms with Gasteiger partial charge in [-0.25, -0.2) is 4.79 Å². The topological polar surface area (TPSA) is 74.7 Å². The van der Waals surface area contributed by atoms with E-state index in [1.165, 1.54) is 0 Å². The second-order valence-electron chi connectivity index (χ2n) is 9.98. The number of rotatable bonds is 7. The van der Waals surface area contributed by atoms with Crippen molar-refractivity contribution in [3.63, 3.8) is 0 Å². The molecular weight excluding hydrogens is 504 g/mol. The van der Waals surface area contributed by atoms with Crippen LogP contribution in [0.4, 0.5) is 4.79 Å². The molecule has 204 valence electrons. The molecule has 0 bridgehead atoms. The number of carbonyl (C=O) groups is 2. The third kappa shape index (κ3) is 5.90. The van der Waals surface area contributed by atoms with Gasteiger partial charge in [0.2, 0.25) is 5.91 Å². The summed E-state index contributed by atoms with van der Waals surface area (Å²) in [4.78, 5) is 36.8. The SMILES string of the molecule is CCCC1N=C(c2ccc(OC)cc2OC(C)C)N(C(=O)N2CCN(C(C)=O)CC2)C1c1ccc(Cl)cc1. The van der Waals surface area contributed by atoms with Crippen LogP contribution in [0.25, 0.3) is 0 Å². The van der Waals surface area contributed by atoms with Gasteiger partial charge in [0.15, 0.2) is 0 Å². The number of ether oxygens (including phenoxy) is 2. The Labute approximate surface area is 230 Å². The van der Waals surface area contributed by atoms with Gasteiger partial charge in [-0.3, -0.25) is 14.7 Å². The Morgan fingerprint density at radius 3 is 2.29 bits per heavy atom. The summed E-state index contributed by atoms with van der Waals surface area (Å²) in [5.74, 6) is 1.89. The standard InChI is InChI=1S/C29H37ClN4O4/c1-6-7-25-27(21-8-10-22(30)11-9-21)34(29(36)33-16-14-32(15-17-33)20(4)35)28(31-25)24-13-12-23(37-5)18-26(24)38-19(2)3/h8-13,18-19,25,27H,6-7,14-17H2,1-5H3. The molecule has 0 N–H and O–H groups in total. The van der Waals surface area contributed by atoms with E-state index in [0.29, 0.717) is 48.5 Å². The van der Waals surface area contributed by atoms with E-state index in [1.807, 2.05) is 66.1 Å². The van der Waals surface area contributed by atoms with E-state index >= 15 is 0 Å². The van der Waals surface area contributed by atoms with Crippen molar-refractivity contribution in [3.8, 4) is 11.5 Å². The Balaban J connectivity index is 1.80. The average Bonchev–Trinajstić information content (AvgIpc) is 3.27. The van der Waals surface area contributed by atoms with Crippen LogP contribution in [0.15, 0.2) is 47.5 Å². The van der Waals surface area contributed by atoms with Crippen LogP contribution in [0.3, 0.4) is 0 Å². The first-order valence-corrected chi connectivity index (χ1v) is 13.6. The summed E-state index contributed by atoms with van der Waals surface area (Å²) < 4.78 is 11.7. The molecule has 2 aromatic rings. The van der Waals surface area contributed by atoms with Crippen LogP contribution >= 0.6 is 11.6 Å². The molecule has 0 spiro atoms. The van der Waals surface area contributed by atoms with Crippen molar-refractivity contribution in [3.05, 3.63) is 58.6 Å². The lowest BCUT2D eigenvalue weighted by molar-refractivity contribution is -0.130. The van der Waals surface area contributed by atoms with E-state index in [9.17, 15) is 9.59 Å². The van der Waals surface area contributed by atoms with Crippen molar-refractivity contribution in [2.24, 2.45) is 4.99 Å². The molecular formula is C29H37ClN4O4. The summed E-state index contributed by atoms with van der Waals surface area (Å²) in [6.45, 7) is 9.57. The second-order valence-corrected chi connectivity index (χ2v) is 10.4. The molecule has 1 saturated heterocycles. The molecule has 1 fully saturated rings. The average molecular weight is 541 g/mol. The van der Waals surface area contributed by atoms with Crippen LogP contribution in [0.5, 0.6) is 11.5 Å². The van der Waals surface area contributed by atoms with E-state index < -0.39 is 0 Å². The fourth-order valence-electron chi connectivity index (χ4n) is 5.08. The minimum Gasteiger partial charge on any atom is -0.497 e. The van der Waals surface area contributed by atoms with Crippen LogP contribution in [-0.4, -0.2) is 77.9 Å². The molecule has 2 atom stereocenters. The van der Waals surface area contributed by atoms with Crippen molar-refractivity contribution in [2.45, 2.75) is 58.7 Å². The van der Waals surface area contributed by atoms with E-state index in [0.717, 1.165) is 24.0 Å². The van der Waals surface area contributed by atoms with Crippen molar-refractivity contribution in [1.82, 2.24) is 14.7 Å². The maximum Gasteiger partial charge on any atom is 0.326 e. The van der Waals surface area contributed by atoms with Crippen molar-refractivity contribution in [1.29, 1.82) is 0 Å². The van der Waals surface area contributed by atoms with Crippen LogP contribution in [0.1, 0.15) is 57.7 Å². The zero-order valence-corrected chi connectivity index (χ0v) is 23.6. The highest BCUT2D eigenvalue weighted by Gasteiger charge is 2.44. The lowest BCUT2D eigenvalue weighted by Crippen LogP contribution is -2.55. The van der Waals surface area contributed by atoms with Crippen LogP contribution in [-0.2, 0) is 4.79 Å². The molecule has 0 aromatic heterocycles. The number of piperazine rings is 1. The van der Waals surface area contributed by atoms with Gasteiger partial charge in [0.1, 0.15) is 17.3 Å². The van der Waals surface area contributed by atoms with Gasteiger partial charge in [-0.1, -0.05) is 37.1 Å². The van der Waals surface area contributed by atoms with Crippen molar-refractivity contribution in [2.75, 3.05) is 33.3 Å². The molecule has 0 aliphatic carbocycles. The number of halogens is 1. The van der Waals surface area contributed by atoms with E-state index in [2.05, 4.69) is 6.92 Å². The van der Waals surface area contributed by atoms with Crippen molar-refractivity contribution < 1.29 is 19.1 Å². The predicted molar refractivity (Wildman–Crippen MR) is 149 cm³/mol. The molecule has 8 nitrogen and oxygen atoms in total. The van der Waals surface area contributed by atoms with Gasteiger partial charge in [0.25, 0.3) is 0 Å². The summed E-state index contributed by atoms with van der Waals surface area (Å²) in [5, 5.41) is 0.640. The molecule has 3 amide bonds. The molecule has 2 aliphatic rings. The first kappa shape index (κ1) is 27.8. The van der Waals surface area contributed by atoms with E-state index in [-0.39, 0.29) is 30.1 Å². The monoisotopic (exact) mass is 540 g/mol. The molecule has 0 saturated carbocycles. The maximum absolute atomic E-state index is 14.3. The van der Waals surface area contributed by atoms with Crippen LogP contribution in [0.2, 0.25) is 5.02 Å². The van der Waals surface area contributed by atoms with Gasteiger partial charge >= 0.3 is 6.03 Å². The Morgan fingerprint density at radius 2 is 1.71 bits per heavy atom. The minimum absolute atomic E-state index is 0.0243. The van der Waals surface area contributed by atoms with Crippen LogP contribution < -0.4 is 9.47 Å². The van der Waals surface area contributed by atoms with E-state index in [4.69, 9.17) is 26.1 Å². The highest BCUT2D eigenvalue weighted by molar-refractivity contribution is 6.30. The minimum atomic E-state index is -0.297. The number of amidine groups is 1. The fourth-order valence-corrected chi connectivity index (χ4v) is 5.21. The Bertz CT molecular complexity index is 1180. The Morgan fingerprint density at radius 1 is 1.05 bits per heavy atom. The number of aliphatic imine (C=N–C) groups is 1. The summed E-state index contributed by atoms with van der Waals surface area (Å²) in [5.41, 5.74) is 1.72. The van der Waals surface area contributed by atoms with Crippen molar-refractivity contribution >= 4 is 29.4 Å². The highest BCUT2D eigenvalue weighted by Crippen LogP contribution is 2.40. The van der Waals surface area contributed by atoms with Gasteiger partial charge in [-0.2, -0.15) is 0 Å². The number of carbonyl (C=O) groups excluding carboxylic acids is 2. The molecule has 2 unspecified atom stereocenters. The normalized spacial score (nSPS) is 19.6. The quantitative estimate of drug-likeness (QED) is 0.472. The molecule has 2 heterocycles. The summed E-state index contributed by atoms with van der Waals surface area (Å²) in [6.07, 6.45) is 1.66. The number of hydrogen-bond donors (Lipinski definition) is 0. The third-order valence-corrected chi connectivity index (χ3v) is 7.20. The molecule has 9 heteroatoms. The summed E-state index contributed by atoms with van der Waals surface area (Å²) >= 11 is 6.22. The summed E-state index contributed by atoms with van der Waals surface area (Å²) in [7, 11) is 1.62. The van der Waals surface area contributed by atoms with Gasteiger partial charge < -0.3 is 19.3 Å². The lowest BCUT2D eigenvalue weighted by atomic mass is 9.96. The molecule has 2 aromatic carbocycles. The lowest BCUT2D eigenvalue weighted by Gasteiger charge is -2.39. The molecule has 2 aliphatic heterocycles. The van der Waals surface area contributed by atoms with E-state index in [1.54, 1.807) is 18.9 Å². The molecule has 38 heavy (non-hydrogen) atoms. The molecule has 0 radical (unpaired) electrons. The predicted octanol–water partition coefficient (Wildman–Crippen LogP) is 5.39. The number of urea groups is 1. The number of nitrogens with zero attached hydrogens (tertiary/aromatic N) is 4. The maximum atomic E-state index is 14.3. The van der Waals surface area contributed by atoms with Gasteiger partial charge in [0, 0.05) is 44.2 Å². The Hall–Kier alpha value is -3.26. The first-order valence-electron chi connectivity index (χ1n) is 13.3. The fraction of sp³-hybridized carbons (Fsp3) is 0.483. The second kappa shape index (κ2) is 12.1. The molecule has 4 rings (SSSR count). The summed E-state index contributed by atoms with van der Waals surface area (Å²) in [6, 6.07) is 12.7. The van der Waals surface area contributed by atoms with Crippen LogP contribution in [0, 0.1) is 0 Å². The zero-order valence-electron chi connectivity index (χ0n) is 22.8. The third-order valence-electron chi connectivity index (χ3n) is 6.95. The van der Waals surface area contributed by atoms with Gasteiger partial charge in [0.05, 0.1) is 30.9 Å². The largest absolute Gasteiger partial charge is 0.497 e.